The molecule has 0 aliphatic heterocycles. The monoisotopic (exact) mass is 282 g/mol. The number of hydrogen-bond acceptors (Lipinski definition) is 5. The largest absolute Gasteiger partial charge is 0.460 e. The molecule has 21 heavy (non-hydrogen) atoms. The first-order valence-electron chi connectivity index (χ1n) is 6.59. The second-order valence-corrected chi connectivity index (χ2v) is 4.45. The van der Waals surface area contributed by atoms with Crippen LogP contribution < -0.4 is 5.32 Å². The normalized spacial score (nSPS) is 10.5. The lowest BCUT2D eigenvalue weighted by Crippen LogP contribution is -2.14. The molecular formula is C15H14N4O2. The Labute approximate surface area is 121 Å². The van der Waals surface area contributed by atoms with E-state index in [1.807, 2.05) is 24.4 Å². The van der Waals surface area contributed by atoms with Crippen molar-refractivity contribution in [3.8, 4) is 0 Å². The van der Waals surface area contributed by atoms with Crippen molar-refractivity contribution in [1.82, 2.24) is 15.2 Å². The molecule has 0 spiro atoms. The van der Waals surface area contributed by atoms with Crippen LogP contribution in [-0.2, 0) is 4.74 Å². The smallest absolute Gasteiger partial charge is 0.338 e. The third kappa shape index (κ3) is 3.17. The lowest BCUT2D eigenvalue weighted by atomic mass is 10.1. The summed E-state index contributed by atoms with van der Waals surface area (Å²) in [5.41, 5.74) is 1.54. The number of carbonyl (C=O) groups is 1. The molecule has 0 bridgehead atoms. The minimum absolute atomic E-state index is 0.264. The fraction of sp³-hybridized carbons (Fsp3) is 0.133. The van der Waals surface area contributed by atoms with Gasteiger partial charge in [-0.25, -0.2) is 4.79 Å². The predicted molar refractivity (Wildman–Crippen MR) is 79.1 cm³/mol. The molecule has 0 atom stereocenters. The molecule has 0 unspecified atom stereocenters. The molecular weight excluding hydrogens is 268 g/mol. The number of hydrogen-bond donors (Lipinski definition) is 2. The van der Waals surface area contributed by atoms with Crippen molar-refractivity contribution >= 4 is 22.7 Å². The Morgan fingerprint density at radius 3 is 3.10 bits per heavy atom. The van der Waals surface area contributed by atoms with Gasteiger partial charge in [0, 0.05) is 23.3 Å². The number of rotatable bonds is 5. The Morgan fingerprint density at radius 2 is 2.24 bits per heavy atom. The standard InChI is InChI=1S/C15H14N4O2/c20-15(12-3-4-13-11(10-12)5-7-16-13)21-9-8-17-14-2-1-6-18-19-14/h1-7,10,16H,8-9H2,(H,17,19). The minimum Gasteiger partial charge on any atom is -0.460 e. The summed E-state index contributed by atoms with van der Waals surface area (Å²) in [6, 6.07) is 10.9. The Bertz CT molecular complexity index is 740. The summed E-state index contributed by atoms with van der Waals surface area (Å²) in [7, 11) is 0. The Hall–Kier alpha value is -2.89. The van der Waals surface area contributed by atoms with Crippen molar-refractivity contribution in [1.29, 1.82) is 0 Å². The molecule has 0 aliphatic carbocycles. The number of nitrogens with one attached hydrogen (secondary N) is 2. The lowest BCUT2D eigenvalue weighted by molar-refractivity contribution is 0.0521. The van der Waals surface area contributed by atoms with Gasteiger partial charge >= 0.3 is 5.97 Å². The summed E-state index contributed by atoms with van der Waals surface area (Å²) in [5, 5.41) is 11.6. The van der Waals surface area contributed by atoms with E-state index < -0.39 is 0 Å². The quantitative estimate of drug-likeness (QED) is 0.554. The van der Waals surface area contributed by atoms with Gasteiger partial charge in [0.1, 0.15) is 12.4 Å². The summed E-state index contributed by atoms with van der Waals surface area (Å²) < 4.78 is 5.22. The van der Waals surface area contributed by atoms with Crippen LogP contribution in [0, 0.1) is 0 Å². The van der Waals surface area contributed by atoms with E-state index in [0.717, 1.165) is 10.9 Å². The number of benzene rings is 1. The zero-order valence-electron chi connectivity index (χ0n) is 11.2. The fourth-order valence-electron chi connectivity index (χ4n) is 1.98. The summed E-state index contributed by atoms with van der Waals surface area (Å²) in [6.45, 7) is 0.747. The molecule has 2 heterocycles. The number of fused-ring (bicyclic) bond motifs is 1. The molecule has 0 aliphatic rings. The van der Waals surface area contributed by atoms with Crippen LogP contribution in [0.1, 0.15) is 10.4 Å². The van der Waals surface area contributed by atoms with E-state index in [-0.39, 0.29) is 12.6 Å². The average molecular weight is 282 g/mol. The van der Waals surface area contributed by atoms with Crippen molar-refractivity contribution in [3.63, 3.8) is 0 Å². The number of aromatic amines is 1. The van der Waals surface area contributed by atoms with Gasteiger partial charge in [-0.2, -0.15) is 5.10 Å². The molecule has 6 nitrogen and oxygen atoms in total. The highest BCUT2D eigenvalue weighted by atomic mass is 16.5. The second-order valence-electron chi connectivity index (χ2n) is 4.45. The maximum Gasteiger partial charge on any atom is 0.338 e. The van der Waals surface area contributed by atoms with E-state index >= 15 is 0 Å². The Balaban J connectivity index is 1.52. The molecule has 0 fully saturated rings. The van der Waals surface area contributed by atoms with Crippen LogP contribution in [0.2, 0.25) is 0 Å². The van der Waals surface area contributed by atoms with Gasteiger partial charge in [-0.05, 0) is 36.4 Å². The minimum atomic E-state index is -0.334. The first-order valence-corrected chi connectivity index (χ1v) is 6.59. The topological polar surface area (TPSA) is 79.9 Å². The molecule has 2 aromatic heterocycles. The highest BCUT2D eigenvalue weighted by Crippen LogP contribution is 2.14. The second kappa shape index (κ2) is 6.04. The van der Waals surface area contributed by atoms with E-state index in [9.17, 15) is 4.79 Å². The van der Waals surface area contributed by atoms with Crippen molar-refractivity contribution in [2.45, 2.75) is 0 Å². The summed E-state index contributed by atoms with van der Waals surface area (Å²) in [5.74, 6) is 0.321. The molecule has 0 saturated heterocycles. The van der Waals surface area contributed by atoms with E-state index in [2.05, 4.69) is 20.5 Å². The SMILES string of the molecule is O=C(OCCNc1cccnn1)c1ccc2[nH]ccc2c1. The van der Waals surface area contributed by atoms with Crippen LogP contribution in [0.4, 0.5) is 5.82 Å². The first kappa shape index (κ1) is 13.1. The number of ether oxygens (including phenoxy) is 1. The molecule has 3 aromatic rings. The third-order valence-electron chi connectivity index (χ3n) is 3.00. The van der Waals surface area contributed by atoms with Gasteiger partial charge in [-0.15, -0.1) is 5.10 Å². The predicted octanol–water partition coefficient (Wildman–Crippen LogP) is 2.23. The third-order valence-corrected chi connectivity index (χ3v) is 3.00. The van der Waals surface area contributed by atoms with E-state index in [1.54, 1.807) is 24.4 Å². The number of anilines is 1. The summed E-state index contributed by atoms with van der Waals surface area (Å²) in [6.07, 6.45) is 3.44. The van der Waals surface area contributed by atoms with Crippen LogP contribution in [-0.4, -0.2) is 34.3 Å². The number of nitrogens with zero attached hydrogens (tertiary/aromatic N) is 2. The first-order chi connectivity index (χ1) is 10.3. The van der Waals surface area contributed by atoms with Gasteiger partial charge in [0.25, 0.3) is 0 Å². The average Bonchev–Trinajstić information content (AvgIpc) is 3.00. The highest BCUT2D eigenvalue weighted by molar-refractivity contribution is 5.94. The van der Waals surface area contributed by atoms with Gasteiger partial charge in [-0.3, -0.25) is 0 Å². The van der Waals surface area contributed by atoms with Crippen molar-refractivity contribution < 1.29 is 9.53 Å². The molecule has 0 amide bonds. The zero-order valence-corrected chi connectivity index (χ0v) is 11.2. The molecule has 1 aromatic carbocycles. The van der Waals surface area contributed by atoms with E-state index in [4.69, 9.17) is 4.74 Å². The Morgan fingerprint density at radius 1 is 1.29 bits per heavy atom. The lowest BCUT2D eigenvalue weighted by Gasteiger charge is -2.06. The van der Waals surface area contributed by atoms with Gasteiger partial charge in [0.05, 0.1) is 12.1 Å². The molecule has 0 radical (unpaired) electrons. The number of aromatic nitrogens is 3. The summed E-state index contributed by atoms with van der Waals surface area (Å²) >= 11 is 0. The van der Waals surface area contributed by atoms with Crippen molar-refractivity contribution in [2.24, 2.45) is 0 Å². The maximum atomic E-state index is 11.9. The molecule has 6 heteroatoms. The zero-order chi connectivity index (χ0) is 14.5. The van der Waals surface area contributed by atoms with Gasteiger partial charge in [0.15, 0.2) is 0 Å². The molecule has 0 saturated carbocycles. The van der Waals surface area contributed by atoms with E-state index in [1.165, 1.54) is 0 Å². The van der Waals surface area contributed by atoms with Crippen LogP contribution in [0.5, 0.6) is 0 Å². The molecule has 106 valence electrons. The van der Waals surface area contributed by atoms with Crippen LogP contribution in [0.25, 0.3) is 10.9 Å². The van der Waals surface area contributed by atoms with Crippen LogP contribution in [0.3, 0.4) is 0 Å². The van der Waals surface area contributed by atoms with Crippen LogP contribution >= 0.6 is 0 Å². The number of esters is 1. The van der Waals surface area contributed by atoms with Crippen LogP contribution in [0.15, 0.2) is 48.8 Å². The maximum absolute atomic E-state index is 11.9. The number of carbonyl (C=O) groups excluding carboxylic acids is 1. The molecule has 2 N–H and O–H groups in total. The summed E-state index contributed by atoms with van der Waals surface area (Å²) in [4.78, 5) is 15.0. The van der Waals surface area contributed by atoms with Crippen molar-refractivity contribution in [3.05, 3.63) is 54.4 Å². The fourth-order valence-corrected chi connectivity index (χ4v) is 1.98. The van der Waals surface area contributed by atoms with Gasteiger partial charge in [0.2, 0.25) is 0 Å². The Kier molecular flexibility index (Phi) is 3.77. The highest BCUT2D eigenvalue weighted by Gasteiger charge is 2.08. The van der Waals surface area contributed by atoms with Crippen molar-refractivity contribution in [2.75, 3.05) is 18.5 Å². The van der Waals surface area contributed by atoms with Gasteiger partial charge in [-0.1, -0.05) is 0 Å². The van der Waals surface area contributed by atoms with E-state index in [0.29, 0.717) is 17.9 Å². The number of H-pyrrole nitrogens is 1. The van der Waals surface area contributed by atoms with Gasteiger partial charge < -0.3 is 15.0 Å². The molecule has 3 rings (SSSR count).